The summed E-state index contributed by atoms with van der Waals surface area (Å²) in [4.78, 5) is 23.9. The summed E-state index contributed by atoms with van der Waals surface area (Å²) in [5.74, 6) is -0.193. The van der Waals surface area contributed by atoms with Gasteiger partial charge in [0.15, 0.2) is 6.61 Å². The molecule has 0 aromatic heterocycles. The van der Waals surface area contributed by atoms with E-state index < -0.39 is 5.91 Å². The third-order valence-corrected chi connectivity index (χ3v) is 4.50. The number of carbonyl (C=O) groups is 2. The van der Waals surface area contributed by atoms with E-state index in [4.69, 9.17) is 10.00 Å². The van der Waals surface area contributed by atoms with Crippen LogP contribution in [0.5, 0.6) is 5.75 Å². The zero-order chi connectivity index (χ0) is 20.5. The largest absolute Gasteiger partial charge is 0.484 e. The highest BCUT2D eigenvalue weighted by Gasteiger charge is 2.09. The van der Waals surface area contributed by atoms with Gasteiger partial charge in [-0.25, -0.2) is 5.43 Å². The second-order valence-corrected chi connectivity index (χ2v) is 6.82. The lowest BCUT2D eigenvalue weighted by Gasteiger charge is -2.08. The van der Waals surface area contributed by atoms with Crippen molar-refractivity contribution in [1.29, 1.82) is 5.26 Å². The van der Waals surface area contributed by atoms with E-state index in [-0.39, 0.29) is 18.9 Å². The van der Waals surface area contributed by atoms with Gasteiger partial charge in [0.05, 0.1) is 17.7 Å². The van der Waals surface area contributed by atoms with Crippen molar-refractivity contribution in [2.24, 2.45) is 5.10 Å². The number of amides is 2. The molecule has 0 aliphatic carbocycles. The highest BCUT2D eigenvalue weighted by Crippen LogP contribution is 2.21. The van der Waals surface area contributed by atoms with Gasteiger partial charge in [0, 0.05) is 10.2 Å². The van der Waals surface area contributed by atoms with Crippen LogP contribution in [-0.2, 0) is 9.59 Å². The average Bonchev–Trinajstić information content (AvgIpc) is 2.67. The molecule has 0 radical (unpaired) electrons. The van der Waals surface area contributed by atoms with Crippen molar-refractivity contribution in [2.45, 2.75) is 20.3 Å². The minimum Gasteiger partial charge on any atom is -0.484 e. The number of nitrogens with one attached hydrogen (secondary N) is 2. The molecule has 28 heavy (non-hydrogen) atoms. The number of benzene rings is 2. The first kappa shape index (κ1) is 21.1. The number of nitriles is 1. The summed E-state index contributed by atoms with van der Waals surface area (Å²) in [7, 11) is 0. The summed E-state index contributed by atoms with van der Waals surface area (Å²) in [5, 5.41) is 15.6. The van der Waals surface area contributed by atoms with Crippen molar-refractivity contribution in [3.8, 4) is 11.8 Å². The minimum absolute atomic E-state index is 0.0210. The van der Waals surface area contributed by atoms with E-state index in [1.807, 2.05) is 25.1 Å². The van der Waals surface area contributed by atoms with E-state index in [0.717, 1.165) is 10.0 Å². The molecule has 0 bridgehead atoms. The Labute approximate surface area is 171 Å². The van der Waals surface area contributed by atoms with Gasteiger partial charge in [-0.3, -0.25) is 9.59 Å². The summed E-state index contributed by atoms with van der Waals surface area (Å²) in [6.45, 7) is 3.35. The number of hydrazone groups is 1. The first-order valence-electron chi connectivity index (χ1n) is 8.39. The monoisotopic (exact) mass is 442 g/mol. The van der Waals surface area contributed by atoms with Crippen LogP contribution in [-0.4, -0.2) is 24.1 Å². The van der Waals surface area contributed by atoms with E-state index >= 15 is 0 Å². The maximum absolute atomic E-state index is 12.1. The van der Waals surface area contributed by atoms with Crippen LogP contribution < -0.4 is 15.5 Å². The number of hydrogen-bond acceptors (Lipinski definition) is 5. The van der Waals surface area contributed by atoms with Gasteiger partial charge in [-0.05, 0) is 49.7 Å². The predicted molar refractivity (Wildman–Crippen MR) is 110 cm³/mol. The zero-order valence-electron chi connectivity index (χ0n) is 15.5. The first-order chi connectivity index (χ1) is 13.4. The summed E-state index contributed by atoms with van der Waals surface area (Å²) >= 11 is 3.40. The van der Waals surface area contributed by atoms with Crippen LogP contribution in [0.3, 0.4) is 0 Å². The third-order valence-electron chi connectivity index (χ3n) is 3.61. The topological polar surface area (TPSA) is 104 Å². The third kappa shape index (κ3) is 6.52. The molecule has 8 heteroatoms. The molecule has 7 nitrogen and oxygen atoms in total. The van der Waals surface area contributed by atoms with Gasteiger partial charge in [0.1, 0.15) is 11.8 Å². The lowest BCUT2D eigenvalue weighted by molar-refractivity contribution is -0.123. The van der Waals surface area contributed by atoms with E-state index in [9.17, 15) is 9.59 Å². The van der Waals surface area contributed by atoms with Gasteiger partial charge in [0.25, 0.3) is 5.91 Å². The summed E-state index contributed by atoms with van der Waals surface area (Å²) in [5.41, 5.74) is 4.57. The maximum atomic E-state index is 12.1. The summed E-state index contributed by atoms with van der Waals surface area (Å²) < 4.78 is 6.37. The van der Waals surface area contributed by atoms with Crippen LogP contribution in [0.1, 0.15) is 24.5 Å². The molecular formula is C20H19BrN4O3. The van der Waals surface area contributed by atoms with Crippen LogP contribution in [0.25, 0.3) is 0 Å². The van der Waals surface area contributed by atoms with Gasteiger partial charge in [-0.2, -0.15) is 10.4 Å². The molecule has 0 aliphatic heterocycles. The van der Waals surface area contributed by atoms with E-state index in [1.54, 1.807) is 37.3 Å². The Hall–Kier alpha value is -3.18. The van der Waals surface area contributed by atoms with Gasteiger partial charge < -0.3 is 10.1 Å². The molecule has 144 valence electrons. The number of para-hydroxylation sites is 1. The molecule has 0 aliphatic rings. The molecule has 0 fully saturated rings. The van der Waals surface area contributed by atoms with Crippen LogP contribution in [0.2, 0.25) is 0 Å². The quantitative estimate of drug-likeness (QED) is 0.505. The number of ether oxygens (including phenoxy) is 1. The number of rotatable bonds is 7. The second kappa shape index (κ2) is 10.2. The normalized spacial score (nSPS) is 10.7. The van der Waals surface area contributed by atoms with Gasteiger partial charge >= 0.3 is 0 Å². The summed E-state index contributed by atoms with van der Waals surface area (Å²) in [6.07, 6.45) is -0.0210. The Balaban J connectivity index is 1.81. The number of aryl methyl sites for hydroxylation is 1. The fourth-order valence-electron chi connectivity index (χ4n) is 2.20. The molecule has 0 saturated heterocycles. The van der Waals surface area contributed by atoms with Crippen molar-refractivity contribution in [3.63, 3.8) is 0 Å². The van der Waals surface area contributed by atoms with Crippen molar-refractivity contribution in [2.75, 3.05) is 11.9 Å². The van der Waals surface area contributed by atoms with Crippen LogP contribution in [0, 0.1) is 18.3 Å². The highest BCUT2D eigenvalue weighted by molar-refractivity contribution is 9.10. The number of hydrogen-bond donors (Lipinski definition) is 2. The molecule has 0 atom stereocenters. The van der Waals surface area contributed by atoms with E-state index in [2.05, 4.69) is 31.8 Å². The fraction of sp³-hybridized carbons (Fsp3) is 0.200. The van der Waals surface area contributed by atoms with Crippen molar-refractivity contribution < 1.29 is 14.3 Å². The molecule has 2 aromatic rings. The van der Waals surface area contributed by atoms with Gasteiger partial charge in [0.2, 0.25) is 5.91 Å². The van der Waals surface area contributed by atoms with Crippen LogP contribution >= 0.6 is 15.9 Å². The summed E-state index contributed by atoms with van der Waals surface area (Å²) in [6, 6.07) is 14.1. The van der Waals surface area contributed by atoms with Crippen molar-refractivity contribution in [1.82, 2.24) is 5.43 Å². The van der Waals surface area contributed by atoms with E-state index in [1.165, 1.54) is 0 Å². The highest BCUT2D eigenvalue weighted by atomic mass is 79.9. The molecule has 2 amide bonds. The lowest BCUT2D eigenvalue weighted by Crippen LogP contribution is -2.26. The van der Waals surface area contributed by atoms with Crippen LogP contribution in [0.15, 0.2) is 52.0 Å². The van der Waals surface area contributed by atoms with E-state index in [0.29, 0.717) is 22.7 Å². The Morgan fingerprint density at radius 1 is 1.21 bits per heavy atom. The van der Waals surface area contributed by atoms with Gasteiger partial charge in [-0.1, -0.05) is 28.1 Å². The SMILES string of the molecule is C/C(CC(=O)Nc1ccccc1C#N)=N/NC(=O)COc1ccc(Br)c(C)c1. The predicted octanol–water partition coefficient (Wildman–Crippen LogP) is 3.53. The van der Waals surface area contributed by atoms with Crippen molar-refractivity contribution >= 4 is 39.1 Å². The lowest BCUT2D eigenvalue weighted by atomic mass is 10.2. The van der Waals surface area contributed by atoms with Gasteiger partial charge in [-0.15, -0.1) is 0 Å². The maximum Gasteiger partial charge on any atom is 0.277 e. The number of carbonyl (C=O) groups excluding carboxylic acids is 2. The standard InChI is InChI=1S/C20H19BrN4O3/c1-13-9-16(7-8-17(13)21)28-12-20(27)25-24-14(2)10-19(26)23-18-6-4-3-5-15(18)11-22/h3-9H,10,12H2,1-2H3,(H,23,26)(H,25,27)/b24-14-. The second-order valence-electron chi connectivity index (χ2n) is 5.96. The van der Waals surface area contributed by atoms with Crippen molar-refractivity contribution in [3.05, 3.63) is 58.1 Å². The molecule has 2 rings (SSSR count). The molecule has 0 heterocycles. The molecule has 2 aromatic carbocycles. The average molecular weight is 443 g/mol. The zero-order valence-corrected chi connectivity index (χ0v) is 17.0. The molecule has 0 unspecified atom stereocenters. The number of halogens is 1. The number of nitrogens with zero attached hydrogens (tertiary/aromatic N) is 2. The number of anilines is 1. The Bertz CT molecular complexity index is 951. The Morgan fingerprint density at radius 2 is 1.96 bits per heavy atom. The molecule has 0 spiro atoms. The Morgan fingerprint density at radius 3 is 2.68 bits per heavy atom. The molecule has 2 N–H and O–H groups in total. The molecule has 0 saturated carbocycles. The molecular weight excluding hydrogens is 424 g/mol. The van der Waals surface area contributed by atoms with Crippen LogP contribution in [0.4, 0.5) is 5.69 Å². The fourth-order valence-corrected chi connectivity index (χ4v) is 2.45. The smallest absolute Gasteiger partial charge is 0.277 e. The minimum atomic E-state index is -0.435. The Kier molecular flexibility index (Phi) is 7.72. The first-order valence-corrected chi connectivity index (χ1v) is 9.18.